The lowest BCUT2D eigenvalue weighted by Crippen LogP contribution is -2.17. The van der Waals surface area contributed by atoms with E-state index in [9.17, 15) is 22.4 Å². The van der Waals surface area contributed by atoms with Crippen LogP contribution in [0.2, 0.25) is 0 Å². The van der Waals surface area contributed by atoms with Gasteiger partial charge < -0.3 is 5.32 Å². The van der Waals surface area contributed by atoms with Crippen molar-refractivity contribution < 1.29 is 22.4 Å². The molecule has 0 fully saturated rings. The molecule has 0 aliphatic carbocycles. The van der Waals surface area contributed by atoms with Crippen LogP contribution in [-0.4, -0.2) is 35.3 Å². The van der Waals surface area contributed by atoms with E-state index in [0.29, 0.717) is 28.2 Å². The fourth-order valence-electron chi connectivity index (χ4n) is 3.48. The lowest BCUT2D eigenvalue weighted by atomic mass is 10.1. The lowest BCUT2D eigenvalue weighted by molar-refractivity contribution is -0.141. The standard InChI is InChI=1S/C23H15F4N7O/c1-33-11-15(21(32-33)13-5-7-14(24)8-6-13)16-9-10-20-29-19(12-34(20)31-16)30-22(35)17-3-2-4-18(28-17)23(25,26)27/h2-12H,1H3,(H,30,35). The van der Waals surface area contributed by atoms with Gasteiger partial charge in [-0.3, -0.25) is 9.48 Å². The van der Waals surface area contributed by atoms with Crippen LogP contribution in [0.1, 0.15) is 16.2 Å². The molecule has 0 bridgehead atoms. The van der Waals surface area contributed by atoms with Gasteiger partial charge in [-0.05, 0) is 48.5 Å². The number of carbonyl (C=O) groups excluding carboxylic acids is 1. The van der Waals surface area contributed by atoms with Crippen LogP contribution in [0.4, 0.5) is 23.4 Å². The number of aryl methyl sites for hydroxylation is 1. The van der Waals surface area contributed by atoms with E-state index in [1.54, 1.807) is 42.2 Å². The topological polar surface area (TPSA) is 90.0 Å². The largest absolute Gasteiger partial charge is 0.433 e. The Kier molecular flexibility index (Phi) is 5.27. The molecular weight excluding hydrogens is 466 g/mol. The summed E-state index contributed by atoms with van der Waals surface area (Å²) in [5.74, 6) is -1.12. The summed E-state index contributed by atoms with van der Waals surface area (Å²) < 4.78 is 55.1. The number of pyridine rings is 1. The van der Waals surface area contributed by atoms with E-state index in [2.05, 4.69) is 25.5 Å². The molecule has 5 aromatic rings. The molecule has 0 unspecified atom stereocenters. The van der Waals surface area contributed by atoms with E-state index in [-0.39, 0.29) is 11.6 Å². The minimum atomic E-state index is -4.67. The van der Waals surface area contributed by atoms with Gasteiger partial charge in [0.25, 0.3) is 5.91 Å². The average Bonchev–Trinajstić information content (AvgIpc) is 3.41. The number of anilines is 1. The lowest BCUT2D eigenvalue weighted by Gasteiger charge is -2.07. The van der Waals surface area contributed by atoms with Gasteiger partial charge in [0, 0.05) is 24.4 Å². The molecule has 0 aliphatic rings. The Morgan fingerprint density at radius 2 is 1.71 bits per heavy atom. The number of imidazole rings is 1. The second-order valence-electron chi connectivity index (χ2n) is 7.58. The molecule has 12 heteroatoms. The maximum absolute atomic E-state index is 13.3. The number of carbonyl (C=O) groups is 1. The number of rotatable bonds is 4. The first-order valence-corrected chi connectivity index (χ1v) is 10.2. The van der Waals surface area contributed by atoms with Crippen molar-refractivity contribution in [2.75, 3.05) is 5.32 Å². The van der Waals surface area contributed by atoms with Crippen molar-refractivity contribution in [3.63, 3.8) is 0 Å². The minimum absolute atomic E-state index is 0.0869. The van der Waals surface area contributed by atoms with Gasteiger partial charge >= 0.3 is 6.18 Å². The summed E-state index contributed by atoms with van der Waals surface area (Å²) >= 11 is 0. The number of aromatic nitrogens is 6. The third-order valence-corrected chi connectivity index (χ3v) is 5.06. The number of benzene rings is 1. The fraction of sp³-hybridized carbons (Fsp3) is 0.0870. The van der Waals surface area contributed by atoms with Crippen LogP contribution in [-0.2, 0) is 13.2 Å². The Bertz CT molecular complexity index is 1550. The molecule has 4 aromatic heterocycles. The van der Waals surface area contributed by atoms with E-state index in [1.165, 1.54) is 28.9 Å². The highest BCUT2D eigenvalue weighted by molar-refractivity contribution is 6.02. The van der Waals surface area contributed by atoms with Gasteiger partial charge in [-0.25, -0.2) is 18.9 Å². The molecule has 0 saturated carbocycles. The van der Waals surface area contributed by atoms with Gasteiger partial charge in [-0.15, -0.1) is 0 Å². The van der Waals surface area contributed by atoms with Crippen LogP contribution in [0.5, 0.6) is 0 Å². The third kappa shape index (κ3) is 4.45. The van der Waals surface area contributed by atoms with Gasteiger partial charge in [0.2, 0.25) is 0 Å². The minimum Gasteiger partial charge on any atom is -0.304 e. The van der Waals surface area contributed by atoms with Gasteiger partial charge in [-0.2, -0.15) is 23.4 Å². The molecule has 0 spiro atoms. The van der Waals surface area contributed by atoms with Gasteiger partial charge in [0.15, 0.2) is 11.5 Å². The first-order valence-electron chi connectivity index (χ1n) is 10.2. The van der Waals surface area contributed by atoms with E-state index in [0.717, 1.165) is 12.1 Å². The number of hydrogen-bond acceptors (Lipinski definition) is 5. The number of nitrogens with zero attached hydrogens (tertiary/aromatic N) is 6. The summed E-state index contributed by atoms with van der Waals surface area (Å²) in [6.45, 7) is 0. The SMILES string of the molecule is Cn1cc(-c2ccc3nc(NC(=O)c4cccc(C(F)(F)F)n4)cn3n2)c(-c2ccc(F)cc2)n1. The van der Waals surface area contributed by atoms with Crippen LogP contribution in [0.15, 0.2) is 67.0 Å². The monoisotopic (exact) mass is 481 g/mol. The molecule has 1 aromatic carbocycles. The predicted octanol–water partition coefficient (Wildman–Crippen LogP) is 4.60. The summed E-state index contributed by atoms with van der Waals surface area (Å²) in [6, 6.07) is 12.4. The van der Waals surface area contributed by atoms with Crippen LogP contribution in [0, 0.1) is 5.82 Å². The molecule has 1 amide bonds. The highest BCUT2D eigenvalue weighted by Crippen LogP contribution is 2.30. The first kappa shape index (κ1) is 22.2. The van der Waals surface area contributed by atoms with Gasteiger partial charge in [0.1, 0.15) is 22.9 Å². The van der Waals surface area contributed by atoms with Crippen molar-refractivity contribution in [1.82, 2.24) is 29.4 Å². The van der Waals surface area contributed by atoms with Gasteiger partial charge in [0.05, 0.1) is 11.9 Å². The smallest absolute Gasteiger partial charge is 0.304 e. The second kappa shape index (κ2) is 8.31. The maximum atomic E-state index is 13.3. The Balaban J connectivity index is 1.44. The molecular formula is C23H15F4N7O. The van der Waals surface area contributed by atoms with Crippen LogP contribution in [0.25, 0.3) is 28.2 Å². The van der Waals surface area contributed by atoms with Crippen molar-refractivity contribution in [3.05, 3.63) is 84.2 Å². The quantitative estimate of drug-likeness (QED) is 0.379. The summed E-state index contributed by atoms with van der Waals surface area (Å²) in [6.07, 6.45) is -1.47. The normalized spacial score (nSPS) is 11.7. The number of alkyl halides is 3. The predicted molar refractivity (Wildman–Crippen MR) is 118 cm³/mol. The molecule has 35 heavy (non-hydrogen) atoms. The van der Waals surface area contributed by atoms with Gasteiger partial charge in [-0.1, -0.05) is 6.07 Å². The molecule has 0 radical (unpaired) electrons. The molecule has 0 atom stereocenters. The molecule has 0 saturated heterocycles. The number of fused-ring (bicyclic) bond motifs is 1. The zero-order chi connectivity index (χ0) is 24.7. The molecule has 4 heterocycles. The Labute approximate surface area is 194 Å². The summed E-state index contributed by atoms with van der Waals surface area (Å²) in [4.78, 5) is 20.0. The molecule has 1 N–H and O–H groups in total. The third-order valence-electron chi connectivity index (χ3n) is 5.06. The Morgan fingerprint density at radius 3 is 2.46 bits per heavy atom. The maximum Gasteiger partial charge on any atom is 0.433 e. The number of hydrogen-bond donors (Lipinski definition) is 1. The van der Waals surface area contributed by atoms with Crippen molar-refractivity contribution in [2.24, 2.45) is 7.05 Å². The molecule has 5 rings (SSSR count). The van der Waals surface area contributed by atoms with Crippen molar-refractivity contribution in [2.45, 2.75) is 6.18 Å². The number of amides is 1. The highest BCUT2D eigenvalue weighted by Gasteiger charge is 2.33. The summed E-state index contributed by atoms with van der Waals surface area (Å²) in [5.41, 5.74) is 1.37. The molecule has 0 aliphatic heterocycles. The zero-order valence-electron chi connectivity index (χ0n) is 18.0. The second-order valence-corrected chi connectivity index (χ2v) is 7.58. The molecule has 176 valence electrons. The fourth-order valence-corrected chi connectivity index (χ4v) is 3.48. The van der Waals surface area contributed by atoms with Crippen molar-refractivity contribution >= 4 is 17.4 Å². The summed E-state index contributed by atoms with van der Waals surface area (Å²) in [5, 5.41) is 11.4. The first-order chi connectivity index (χ1) is 16.7. The number of halogens is 4. The number of nitrogens with one attached hydrogen (secondary N) is 1. The van der Waals surface area contributed by atoms with Crippen LogP contribution < -0.4 is 5.32 Å². The average molecular weight is 481 g/mol. The van der Waals surface area contributed by atoms with E-state index >= 15 is 0 Å². The van der Waals surface area contributed by atoms with E-state index < -0.39 is 23.5 Å². The van der Waals surface area contributed by atoms with Crippen LogP contribution >= 0.6 is 0 Å². The Hall–Kier alpha value is -4.61. The highest BCUT2D eigenvalue weighted by atomic mass is 19.4. The van der Waals surface area contributed by atoms with Crippen LogP contribution in [0.3, 0.4) is 0 Å². The summed E-state index contributed by atoms with van der Waals surface area (Å²) in [7, 11) is 1.75. The molecule has 8 nitrogen and oxygen atoms in total. The van der Waals surface area contributed by atoms with Crippen molar-refractivity contribution in [1.29, 1.82) is 0 Å². The Morgan fingerprint density at radius 1 is 0.943 bits per heavy atom. The zero-order valence-corrected chi connectivity index (χ0v) is 18.0. The van der Waals surface area contributed by atoms with E-state index in [4.69, 9.17) is 0 Å². The van der Waals surface area contributed by atoms with E-state index in [1.807, 2.05) is 0 Å². The van der Waals surface area contributed by atoms with Crippen molar-refractivity contribution in [3.8, 4) is 22.5 Å².